The van der Waals surface area contributed by atoms with Crippen molar-refractivity contribution in [2.24, 2.45) is 7.05 Å². The third kappa shape index (κ3) is 1.35. The number of aromatic hydroxyl groups is 1. The van der Waals surface area contributed by atoms with Crippen molar-refractivity contribution >= 4 is 0 Å². The fourth-order valence-electron chi connectivity index (χ4n) is 1.43. The number of aromatic nitrogens is 3. The van der Waals surface area contributed by atoms with Crippen LogP contribution < -0.4 is 0 Å². The number of rotatable bonds is 1. The number of hydrogen-bond donors (Lipinski definition) is 1. The molecule has 4 nitrogen and oxygen atoms in total. The molecule has 0 amide bonds. The molecule has 0 aliphatic heterocycles. The van der Waals surface area contributed by atoms with Crippen LogP contribution in [0.4, 0.5) is 0 Å². The molecule has 4 heteroatoms. The van der Waals surface area contributed by atoms with Gasteiger partial charge < -0.3 is 9.67 Å². The van der Waals surface area contributed by atoms with Crippen LogP contribution in [0.5, 0.6) is 5.88 Å². The van der Waals surface area contributed by atoms with E-state index >= 15 is 0 Å². The van der Waals surface area contributed by atoms with Crippen LogP contribution in [0.1, 0.15) is 5.56 Å². The normalized spacial score (nSPS) is 10.4. The molecule has 0 saturated carbocycles. The maximum atomic E-state index is 9.24. The lowest BCUT2D eigenvalue weighted by molar-refractivity contribution is 0.456. The quantitative estimate of drug-likeness (QED) is 0.739. The van der Waals surface area contributed by atoms with E-state index in [1.54, 1.807) is 23.2 Å². The van der Waals surface area contributed by atoms with E-state index in [0.717, 1.165) is 17.0 Å². The summed E-state index contributed by atoms with van der Waals surface area (Å²) < 4.78 is 1.79. The van der Waals surface area contributed by atoms with Gasteiger partial charge in [-0.3, -0.25) is 4.98 Å². The van der Waals surface area contributed by atoms with Crippen molar-refractivity contribution in [2.45, 2.75) is 6.92 Å². The molecular formula is C10H11N3O. The van der Waals surface area contributed by atoms with Gasteiger partial charge in [-0.1, -0.05) is 0 Å². The Bertz CT molecular complexity index is 462. The van der Waals surface area contributed by atoms with E-state index in [1.165, 1.54) is 0 Å². The molecular weight excluding hydrogens is 178 g/mol. The summed E-state index contributed by atoms with van der Waals surface area (Å²) in [4.78, 5) is 8.04. The third-order valence-corrected chi connectivity index (χ3v) is 2.12. The summed E-state index contributed by atoms with van der Waals surface area (Å²) in [6, 6.07) is 1.89. The minimum Gasteiger partial charge on any atom is -0.492 e. The predicted molar refractivity (Wildman–Crippen MR) is 52.8 cm³/mol. The zero-order chi connectivity index (χ0) is 10.1. The van der Waals surface area contributed by atoms with Crippen molar-refractivity contribution in [1.82, 2.24) is 14.5 Å². The van der Waals surface area contributed by atoms with Gasteiger partial charge >= 0.3 is 0 Å². The molecule has 0 saturated heterocycles. The molecule has 2 aromatic heterocycles. The molecule has 0 aliphatic carbocycles. The van der Waals surface area contributed by atoms with Gasteiger partial charge in [-0.25, -0.2) is 0 Å². The fourth-order valence-corrected chi connectivity index (χ4v) is 1.43. The summed E-state index contributed by atoms with van der Waals surface area (Å²) in [6.45, 7) is 1.97. The highest BCUT2D eigenvalue weighted by Crippen LogP contribution is 2.22. The van der Waals surface area contributed by atoms with Crippen LogP contribution in [-0.2, 0) is 7.05 Å². The largest absolute Gasteiger partial charge is 0.492 e. The van der Waals surface area contributed by atoms with Crippen LogP contribution in [-0.4, -0.2) is 19.6 Å². The van der Waals surface area contributed by atoms with Crippen LogP contribution >= 0.6 is 0 Å². The highest BCUT2D eigenvalue weighted by Gasteiger charge is 2.08. The van der Waals surface area contributed by atoms with Crippen LogP contribution in [0, 0.1) is 6.92 Å². The number of hydrogen-bond acceptors (Lipinski definition) is 3. The number of imidazole rings is 1. The van der Waals surface area contributed by atoms with E-state index < -0.39 is 0 Å². The second-order valence-corrected chi connectivity index (χ2v) is 3.22. The van der Waals surface area contributed by atoms with E-state index in [4.69, 9.17) is 0 Å². The van der Waals surface area contributed by atoms with Crippen molar-refractivity contribution in [3.05, 3.63) is 30.2 Å². The standard InChI is InChI=1S/C10H11N3O/c1-7-5-11-4-3-8(7)10-12-9(14)6-13(10)2/h3-6,14H,1-2H3. The molecule has 0 spiro atoms. The monoisotopic (exact) mass is 189 g/mol. The molecule has 2 heterocycles. The average molecular weight is 189 g/mol. The second kappa shape index (κ2) is 3.14. The molecule has 0 atom stereocenters. The van der Waals surface area contributed by atoms with Crippen molar-refractivity contribution in [3.8, 4) is 17.3 Å². The Morgan fingerprint density at radius 3 is 2.79 bits per heavy atom. The van der Waals surface area contributed by atoms with Crippen LogP contribution in [0.3, 0.4) is 0 Å². The van der Waals surface area contributed by atoms with E-state index in [1.807, 2.05) is 20.0 Å². The summed E-state index contributed by atoms with van der Waals surface area (Å²) in [6.07, 6.45) is 5.07. The van der Waals surface area contributed by atoms with E-state index in [9.17, 15) is 5.11 Å². The van der Waals surface area contributed by atoms with Gasteiger partial charge in [0.05, 0.1) is 6.20 Å². The van der Waals surface area contributed by atoms with Crippen molar-refractivity contribution in [1.29, 1.82) is 0 Å². The lowest BCUT2D eigenvalue weighted by atomic mass is 10.1. The van der Waals surface area contributed by atoms with Crippen molar-refractivity contribution < 1.29 is 5.11 Å². The molecule has 2 aromatic rings. The molecule has 0 radical (unpaired) electrons. The Morgan fingerprint density at radius 2 is 2.21 bits per heavy atom. The maximum absolute atomic E-state index is 9.24. The Labute approximate surface area is 81.9 Å². The van der Waals surface area contributed by atoms with E-state index in [2.05, 4.69) is 9.97 Å². The summed E-state index contributed by atoms with van der Waals surface area (Å²) >= 11 is 0. The van der Waals surface area contributed by atoms with E-state index in [0.29, 0.717) is 0 Å². The van der Waals surface area contributed by atoms with Crippen LogP contribution in [0.15, 0.2) is 24.7 Å². The molecule has 2 rings (SSSR count). The minimum absolute atomic E-state index is 0.0405. The molecule has 72 valence electrons. The van der Waals surface area contributed by atoms with E-state index in [-0.39, 0.29) is 5.88 Å². The molecule has 1 N–H and O–H groups in total. The van der Waals surface area contributed by atoms with Gasteiger partial charge in [-0.15, -0.1) is 0 Å². The average Bonchev–Trinajstić information content (AvgIpc) is 2.46. The number of nitrogens with zero attached hydrogens (tertiary/aromatic N) is 3. The SMILES string of the molecule is Cc1cnccc1-c1nc(O)cn1C. The summed E-state index contributed by atoms with van der Waals surface area (Å²) in [5.74, 6) is 0.793. The number of pyridine rings is 1. The summed E-state index contributed by atoms with van der Waals surface area (Å²) in [5.41, 5.74) is 2.03. The molecule has 0 aromatic carbocycles. The van der Waals surface area contributed by atoms with Gasteiger partial charge in [-0.2, -0.15) is 4.98 Å². The first-order valence-electron chi connectivity index (χ1n) is 4.32. The van der Waals surface area contributed by atoms with Gasteiger partial charge in [0, 0.05) is 25.0 Å². The van der Waals surface area contributed by atoms with Gasteiger partial charge in [0.25, 0.3) is 0 Å². The summed E-state index contributed by atoms with van der Waals surface area (Å²) in [7, 11) is 1.85. The Morgan fingerprint density at radius 1 is 1.43 bits per heavy atom. The van der Waals surface area contributed by atoms with Crippen molar-refractivity contribution in [3.63, 3.8) is 0 Å². The predicted octanol–water partition coefficient (Wildman–Crippen LogP) is 1.50. The maximum Gasteiger partial charge on any atom is 0.229 e. The first-order valence-corrected chi connectivity index (χ1v) is 4.32. The minimum atomic E-state index is 0.0405. The highest BCUT2D eigenvalue weighted by molar-refractivity contribution is 5.60. The molecule has 0 bridgehead atoms. The highest BCUT2D eigenvalue weighted by atomic mass is 16.3. The third-order valence-electron chi connectivity index (χ3n) is 2.12. The zero-order valence-electron chi connectivity index (χ0n) is 8.10. The lowest BCUT2D eigenvalue weighted by Crippen LogP contribution is -1.93. The van der Waals surface area contributed by atoms with Crippen LogP contribution in [0.25, 0.3) is 11.4 Å². The Hall–Kier alpha value is -1.84. The Balaban J connectivity index is 2.60. The molecule has 14 heavy (non-hydrogen) atoms. The van der Waals surface area contributed by atoms with Crippen molar-refractivity contribution in [2.75, 3.05) is 0 Å². The first kappa shape index (κ1) is 8.74. The molecule has 0 unspecified atom stereocenters. The van der Waals surface area contributed by atoms with Gasteiger partial charge in [0.1, 0.15) is 5.82 Å². The fraction of sp³-hybridized carbons (Fsp3) is 0.200. The lowest BCUT2D eigenvalue weighted by Gasteiger charge is -2.03. The molecule has 0 fully saturated rings. The second-order valence-electron chi connectivity index (χ2n) is 3.22. The Kier molecular flexibility index (Phi) is 1.96. The van der Waals surface area contributed by atoms with Crippen LogP contribution in [0.2, 0.25) is 0 Å². The first-order chi connectivity index (χ1) is 6.68. The zero-order valence-corrected chi connectivity index (χ0v) is 8.10. The smallest absolute Gasteiger partial charge is 0.229 e. The number of aryl methyl sites for hydroxylation is 2. The van der Waals surface area contributed by atoms with Gasteiger partial charge in [0.2, 0.25) is 5.88 Å². The van der Waals surface area contributed by atoms with Gasteiger partial charge in [-0.05, 0) is 18.6 Å². The molecule has 0 aliphatic rings. The topological polar surface area (TPSA) is 50.9 Å². The summed E-state index contributed by atoms with van der Waals surface area (Å²) in [5, 5.41) is 9.24. The van der Waals surface area contributed by atoms with Gasteiger partial charge in [0.15, 0.2) is 0 Å².